The van der Waals surface area contributed by atoms with Crippen LogP contribution in [0.1, 0.15) is 82.3 Å². The van der Waals surface area contributed by atoms with Gasteiger partial charge in [-0.2, -0.15) is 0 Å². The average Bonchev–Trinajstić information content (AvgIpc) is 3.03. The third-order valence-electron chi connectivity index (χ3n) is 8.49. The summed E-state index contributed by atoms with van der Waals surface area (Å²) in [6.45, 7) is 7.89. The van der Waals surface area contributed by atoms with Gasteiger partial charge in [-0.15, -0.1) is 0 Å². The molecule has 1 fully saturated rings. The van der Waals surface area contributed by atoms with Gasteiger partial charge in [-0.25, -0.2) is 4.79 Å². The van der Waals surface area contributed by atoms with Crippen LogP contribution in [0, 0.1) is 5.92 Å². The maximum absolute atomic E-state index is 11.5. The molecule has 0 amide bonds. The van der Waals surface area contributed by atoms with Gasteiger partial charge in [-0.1, -0.05) is 101 Å². The summed E-state index contributed by atoms with van der Waals surface area (Å²) >= 11 is 0. The first-order valence-corrected chi connectivity index (χ1v) is 15.4. The highest BCUT2D eigenvalue weighted by atomic mass is 16.6. The Morgan fingerprint density at radius 1 is 0.854 bits per heavy atom. The van der Waals surface area contributed by atoms with Crippen LogP contribution in [-0.2, 0) is 16.0 Å². The minimum Gasteiger partial charge on any atom is -0.490 e. The molecular weight excluding hydrogens is 508 g/mol. The van der Waals surface area contributed by atoms with Crippen molar-refractivity contribution in [2.45, 2.75) is 77.6 Å². The monoisotopic (exact) mass is 554 g/mol. The van der Waals surface area contributed by atoms with Crippen molar-refractivity contribution in [3.05, 3.63) is 90.0 Å². The van der Waals surface area contributed by atoms with Crippen molar-refractivity contribution >= 4 is 5.97 Å². The summed E-state index contributed by atoms with van der Waals surface area (Å²) < 4.78 is 10.7. The van der Waals surface area contributed by atoms with Crippen LogP contribution in [0.3, 0.4) is 0 Å². The molecule has 3 aromatic carbocycles. The zero-order chi connectivity index (χ0) is 29.0. The maximum Gasteiger partial charge on any atom is 0.335 e. The number of aliphatic hydroxyl groups excluding tert-OH is 1. The summed E-state index contributed by atoms with van der Waals surface area (Å²) in [7, 11) is 0. The first-order chi connectivity index (χ1) is 20.0. The molecule has 0 spiro atoms. The zero-order valence-corrected chi connectivity index (χ0v) is 24.9. The Balaban J connectivity index is 1.33. The van der Waals surface area contributed by atoms with Crippen LogP contribution in [0.15, 0.2) is 78.9 Å². The standard InChI is InChI=1S/C37H46O4/c1-4-6-7-8-28-9-11-30(12-10-28)31-13-15-33(16-14-31)36-22-19-34(25-29(36)5-2)32-17-20-35(21-18-32)40-23-24-41-37(39)27(3)26-38/h13-22,25,28,30,38H,3-12,23-24,26H2,1-2H3. The van der Waals surface area contributed by atoms with Crippen molar-refractivity contribution in [3.8, 4) is 28.0 Å². The van der Waals surface area contributed by atoms with Gasteiger partial charge >= 0.3 is 5.97 Å². The molecule has 1 saturated carbocycles. The molecule has 4 rings (SSSR count). The summed E-state index contributed by atoms with van der Waals surface area (Å²) in [5.41, 5.74) is 7.79. The fourth-order valence-corrected chi connectivity index (χ4v) is 5.95. The predicted molar refractivity (Wildman–Crippen MR) is 168 cm³/mol. The van der Waals surface area contributed by atoms with Crippen LogP contribution >= 0.6 is 0 Å². The molecule has 0 radical (unpaired) electrons. The molecule has 0 aromatic heterocycles. The highest BCUT2D eigenvalue weighted by Crippen LogP contribution is 2.39. The largest absolute Gasteiger partial charge is 0.490 e. The molecule has 0 unspecified atom stereocenters. The van der Waals surface area contributed by atoms with E-state index in [1.165, 1.54) is 79.2 Å². The number of hydrogen-bond acceptors (Lipinski definition) is 4. The summed E-state index contributed by atoms with van der Waals surface area (Å²) in [6, 6.07) is 24.1. The van der Waals surface area contributed by atoms with E-state index >= 15 is 0 Å². The van der Waals surface area contributed by atoms with E-state index in [1.54, 1.807) is 0 Å². The smallest absolute Gasteiger partial charge is 0.335 e. The average molecular weight is 555 g/mol. The van der Waals surface area contributed by atoms with Gasteiger partial charge in [0.2, 0.25) is 0 Å². The number of aryl methyl sites for hydroxylation is 1. The second-order valence-electron chi connectivity index (χ2n) is 11.3. The highest BCUT2D eigenvalue weighted by molar-refractivity contribution is 5.87. The molecule has 218 valence electrons. The fraction of sp³-hybridized carbons (Fsp3) is 0.432. The summed E-state index contributed by atoms with van der Waals surface area (Å²) in [5, 5.41) is 8.92. The Kier molecular flexibility index (Phi) is 11.6. The van der Waals surface area contributed by atoms with Crippen molar-refractivity contribution in [1.29, 1.82) is 0 Å². The Morgan fingerprint density at radius 3 is 2.20 bits per heavy atom. The summed E-state index contributed by atoms with van der Waals surface area (Å²) in [6.07, 6.45) is 12.0. The first-order valence-electron chi connectivity index (χ1n) is 15.4. The fourth-order valence-electron chi connectivity index (χ4n) is 5.95. The molecule has 1 aliphatic carbocycles. The molecule has 3 aromatic rings. The van der Waals surface area contributed by atoms with Crippen molar-refractivity contribution in [2.75, 3.05) is 19.8 Å². The molecule has 1 N–H and O–H groups in total. The molecule has 0 aliphatic heterocycles. The normalized spacial score (nSPS) is 16.8. The van der Waals surface area contributed by atoms with Gasteiger partial charge in [0.15, 0.2) is 0 Å². The lowest BCUT2D eigenvalue weighted by molar-refractivity contribution is -0.140. The molecule has 41 heavy (non-hydrogen) atoms. The van der Waals surface area contributed by atoms with Crippen LogP contribution < -0.4 is 4.74 Å². The highest BCUT2D eigenvalue weighted by Gasteiger charge is 2.22. The Hall–Kier alpha value is -3.37. The molecule has 0 atom stereocenters. The predicted octanol–water partition coefficient (Wildman–Crippen LogP) is 8.91. The molecular formula is C37H46O4. The van der Waals surface area contributed by atoms with Gasteiger partial charge in [0, 0.05) is 0 Å². The molecule has 0 saturated heterocycles. The lowest BCUT2D eigenvalue weighted by atomic mass is 9.77. The molecule has 0 bridgehead atoms. The first kappa shape index (κ1) is 30.6. The number of rotatable bonds is 14. The number of carbonyl (C=O) groups excluding carboxylic acids is 1. The minimum absolute atomic E-state index is 0.0365. The van der Waals surface area contributed by atoms with Crippen molar-refractivity contribution < 1.29 is 19.4 Å². The maximum atomic E-state index is 11.5. The SMILES string of the molecule is C=C(CO)C(=O)OCCOc1ccc(-c2ccc(-c3ccc(C4CCC(CCCCC)CC4)cc3)c(CC)c2)cc1. The van der Waals surface area contributed by atoms with Crippen LogP contribution in [0.5, 0.6) is 5.75 Å². The molecule has 4 nitrogen and oxygen atoms in total. The third-order valence-corrected chi connectivity index (χ3v) is 8.49. The van der Waals surface area contributed by atoms with E-state index in [-0.39, 0.29) is 18.8 Å². The third kappa shape index (κ3) is 8.56. The Morgan fingerprint density at radius 2 is 1.54 bits per heavy atom. The van der Waals surface area contributed by atoms with Crippen molar-refractivity contribution in [2.24, 2.45) is 5.92 Å². The summed E-state index contributed by atoms with van der Waals surface area (Å²) in [5.74, 6) is 1.77. The number of esters is 1. The number of ether oxygens (including phenoxy) is 2. The van der Waals surface area contributed by atoms with E-state index in [9.17, 15) is 4.79 Å². The Labute approximate surface area is 246 Å². The van der Waals surface area contributed by atoms with Crippen molar-refractivity contribution in [1.82, 2.24) is 0 Å². The topological polar surface area (TPSA) is 55.8 Å². The van der Waals surface area contributed by atoms with Gasteiger partial charge in [0.1, 0.15) is 19.0 Å². The van der Waals surface area contributed by atoms with Gasteiger partial charge in [0.05, 0.1) is 12.2 Å². The van der Waals surface area contributed by atoms with Gasteiger partial charge in [-0.3, -0.25) is 0 Å². The van der Waals surface area contributed by atoms with E-state index in [0.29, 0.717) is 11.7 Å². The van der Waals surface area contributed by atoms with Crippen molar-refractivity contribution in [3.63, 3.8) is 0 Å². The van der Waals surface area contributed by atoms with Gasteiger partial charge < -0.3 is 14.6 Å². The number of unbranched alkanes of at least 4 members (excludes halogenated alkanes) is 2. The lowest BCUT2D eigenvalue weighted by Crippen LogP contribution is -2.14. The van der Waals surface area contributed by atoms with E-state index in [1.807, 2.05) is 12.1 Å². The van der Waals surface area contributed by atoms with E-state index < -0.39 is 12.6 Å². The quantitative estimate of drug-likeness (QED) is 0.123. The zero-order valence-electron chi connectivity index (χ0n) is 24.9. The minimum atomic E-state index is -0.604. The molecule has 4 heteroatoms. The number of hydrogen-bond donors (Lipinski definition) is 1. The van der Waals surface area contributed by atoms with Crippen LogP contribution in [0.25, 0.3) is 22.3 Å². The van der Waals surface area contributed by atoms with E-state index in [4.69, 9.17) is 14.6 Å². The van der Waals surface area contributed by atoms with Crippen LogP contribution in [-0.4, -0.2) is 30.9 Å². The number of benzene rings is 3. The van der Waals surface area contributed by atoms with Crippen LogP contribution in [0.4, 0.5) is 0 Å². The van der Waals surface area contributed by atoms with Gasteiger partial charge in [-0.05, 0) is 89.5 Å². The Bertz CT molecular complexity index is 1250. The second-order valence-corrected chi connectivity index (χ2v) is 11.3. The van der Waals surface area contributed by atoms with E-state index in [0.717, 1.165) is 17.9 Å². The van der Waals surface area contributed by atoms with E-state index in [2.05, 4.69) is 75.0 Å². The molecule has 1 aliphatic rings. The second kappa shape index (κ2) is 15.6. The van der Waals surface area contributed by atoms with Gasteiger partial charge in [0.25, 0.3) is 0 Å². The molecule has 0 heterocycles. The van der Waals surface area contributed by atoms with Crippen LogP contribution in [0.2, 0.25) is 0 Å². The number of carbonyl (C=O) groups is 1. The number of aliphatic hydroxyl groups is 1. The lowest BCUT2D eigenvalue weighted by Gasteiger charge is -2.29. The summed E-state index contributed by atoms with van der Waals surface area (Å²) in [4.78, 5) is 11.5.